The minimum absolute atomic E-state index is 0.143. The summed E-state index contributed by atoms with van der Waals surface area (Å²) < 4.78 is 25.0. The van der Waals surface area contributed by atoms with Gasteiger partial charge in [0.25, 0.3) is 0 Å². The van der Waals surface area contributed by atoms with Crippen LogP contribution in [0.15, 0.2) is 72.8 Å². The molecule has 4 heteroatoms. The first-order chi connectivity index (χ1) is 15.4. The van der Waals surface area contributed by atoms with E-state index in [4.69, 9.17) is 9.47 Å². The van der Waals surface area contributed by atoms with Crippen molar-refractivity contribution in [3.8, 4) is 11.5 Å². The van der Waals surface area contributed by atoms with Crippen molar-refractivity contribution in [2.75, 3.05) is 6.54 Å². The number of nitrogens with one attached hydrogen (secondary N) is 1. The molecule has 0 heterocycles. The van der Waals surface area contributed by atoms with Crippen LogP contribution in [0.25, 0.3) is 0 Å². The van der Waals surface area contributed by atoms with Gasteiger partial charge in [0.2, 0.25) is 0 Å². The molecule has 0 saturated heterocycles. The maximum atomic E-state index is 13.5. The molecule has 0 amide bonds. The normalized spacial score (nSPS) is 12.2. The van der Waals surface area contributed by atoms with Crippen molar-refractivity contribution in [3.05, 3.63) is 95.3 Å². The fourth-order valence-corrected chi connectivity index (χ4v) is 3.71. The van der Waals surface area contributed by atoms with Crippen LogP contribution in [0.4, 0.5) is 4.39 Å². The van der Waals surface area contributed by atoms with E-state index in [1.54, 1.807) is 0 Å². The number of ether oxygens (including phenoxy) is 2. The third-order valence-electron chi connectivity index (χ3n) is 5.16. The van der Waals surface area contributed by atoms with E-state index in [1.807, 2.05) is 64.1 Å². The molecule has 0 saturated carbocycles. The van der Waals surface area contributed by atoms with Crippen molar-refractivity contribution < 1.29 is 13.9 Å². The lowest BCUT2D eigenvalue weighted by Crippen LogP contribution is -2.18. The SMILES string of the molecule is CC(C)Oc1ccc(CNCCC(c2ccc(F)cc2)c2ccc(OC(C)C)cc2)cc1. The molecule has 0 aliphatic rings. The number of benzene rings is 3. The molecule has 1 N–H and O–H groups in total. The predicted octanol–water partition coefficient (Wildman–Crippen LogP) is 6.71. The van der Waals surface area contributed by atoms with Crippen LogP contribution in [-0.4, -0.2) is 18.8 Å². The lowest BCUT2D eigenvalue weighted by molar-refractivity contribution is 0.242. The highest BCUT2D eigenvalue weighted by atomic mass is 19.1. The standard InChI is InChI=1S/C28H34FNO2/c1-20(2)31-26-13-5-22(6-14-26)19-30-18-17-28(23-7-11-25(29)12-8-23)24-9-15-27(16-10-24)32-21(3)4/h5-16,20-21,28,30H,17-19H2,1-4H3. The Bertz CT molecular complexity index is 935. The van der Waals surface area contributed by atoms with E-state index in [-0.39, 0.29) is 23.9 Å². The Hall–Kier alpha value is -2.85. The largest absolute Gasteiger partial charge is 0.491 e. The number of rotatable bonds is 11. The number of halogens is 1. The molecule has 0 spiro atoms. The van der Waals surface area contributed by atoms with Gasteiger partial charge in [-0.15, -0.1) is 0 Å². The summed E-state index contributed by atoms with van der Waals surface area (Å²) in [4.78, 5) is 0. The molecule has 32 heavy (non-hydrogen) atoms. The van der Waals surface area contributed by atoms with Crippen LogP contribution >= 0.6 is 0 Å². The molecule has 0 bridgehead atoms. The van der Waals surface area contributed by atoms with Crippen LogP contribution in [0, 0.1) is 5.82 Å². The van der Waals surface area contributed by atoms with E-state index < -0.39 is 0 Å². The molecule has 3 rings (SSSR count). The molecule has 0 aromatic heterocycles. The maximum absolute atomic E-state index is 13.5. The van der Waals surface area contributed by atoms with Crippen molar-refractivity contribution in [1.82, 2.24) is 5.32 Å². The summed E-state index contributed by atoms with van der Waals surface area (Å²) in [7, 11) is 0. The highest BCUT2D eigenvalue weighted by Crippen LogP contribution is 2.29. The zero-order valence-electron chi connectivity index (χ0n) is 19.5. The molecule has 1 unspecified atom stereocenters. The summed E-state index contributed by atoms with van der Waals surface area (Å²) in [6.45, 7) is 9.73. The van der Waals surface area contributed by atoms with E-state index in [0.717, 1.165) is 36.6 Å². The van der Waals surface area contributed by atoms with Gasteiger partial charge < -0.3 is 14.8 Å². The molecule has 3 aromatic carbocycles. The molecular formula is C28H34FNO2. The van der Waals surface area contributed by atoms with Gasteiger partial charge in [-0.2, -0.15) is 0 Å². The highest BCUT2D eigenvalue weighted by molar-refractivity contribution is 5.36. The summed E-state index contributed by atoms with van der Waals surface area (Å²) in [6, 6.07) is 23.3. The smallest absolute Gasteiger partial charge is 0.123 e. The lowest BCUT2D eigenvalue weighted by atomic mass is 9.88. The zero-order chi connectivity index (χ0) is 22.9. The van der Waals surface area contributed by atoms with Crippen molar-refractivity contribution in [2.45, 2.75) is 58.8 Å². The minimum Gasteiger partial charge on any atom is -0.491 e. The first-order valence-electron chi connectivity index (χ1n) is 11.4. The Morgan fingerprint density at radius 1 is 0.688 bits per heavy atom. The van der Waals surface area contributed by atoms with E-state index in [1.165, 1.54) is 23.3 Å². The van der Waals surface area contributed by atoms with Gasteiger partial charge in [0, 0.05) is 12.5 Å². The summed E-state index contributed by atoms with van der Waals surface area (Å²) >= 11 is 0. The molecule has 0 aliphatic carbocycles. The fraction of sp³-hybridized carbons (Fsp3) is 0.357. The zero-order valence-corrected chi connectivity index (χ0v) is 19.5. The molecule has 0 aliphatic heterocycles. The van der Waals surface area contributed by atoms with Crippen LogP contribution in [0.5, 0.6) is 11.5 Å². The van der Waals surface area contributed by atoms with Gasteiger partial charge in [-0.05, 0) is 93.7 Å². The van der Waals surface area contributed by atoms with Crippen molar-refractivity contribution >= 4 is 0 Å². The first kappa shape index (κ1) is 23.8. The van der Waals surface area contributed by atoms with Gasteiger partial charge in [-0.25, -0.2) is 4.39 Å². The van der Waals surface area contributed by atoms with Crippen molar-refractivity contribution in [2.24, 2.45) is 0 Å². The second-order valence-electron chi connectivity index (χ2n) is 8.62. The van der Waals surface area contributed by atoms with Crippen LogP contribution < -0.4 is 14.8 Å². The molecular weight excluding hydrogens is 401 g/mol. The number of hydrogen-bond acceptors (Lipinski definition) is 3. The summed E-state index contributed by atoms with van der Waals surface area (Å²) in [5.74, 6) is 1.73. The molecule has 0 radical (unpaired) electrons. The van der Waals surface area contributed by atoms with E-state index in [2.05, 4.69) is 29.6 Å². The van der Waals surface area contributed by atoms with Crippen LogP contribution in [0.1, 0.15) is 56.7 Å². The highest BCUT2D eigenvalue weighted by Gasteiger charge is 2.15. The molecule has 3 aromatic rings. The van der Waals surface area contributed by atoms with Gasteiger partial charge in [0.1, 0.15) is 17.3 Å². The molecule has 1 atom stereocenters. The quantitative estimate of drug-likeness (QED) is 0.340. The average Bonchev–Trinajstić information content (AvgIpc) is 2.76. The molecule has 170 valence electrons. The summed E-state index contributed by atoms with van der Waals surface area (Å²) in [6.07, 6.45) is 1.22. The first-order valence-corrected chi connectivity index (χ1v) is 11.4. The Balaban J connectivity index is 1.62. The monoisotopic (exact) mass is 435 g/mol. The summed E-state index contributed by atoms with van der Waals surface area (Å²) in [5, 5.41) is 3.54. The van der Waals surface area contributed by atoms with Gasteiger partial charge in [0.15, 0.2) is 0 Å². The topological polar surface area (TPSA) is 30.5 Å². The maximum Gasteiger partial charge on any atom is 0.123 e. The van der Waals surface area contributed by atoms with Crippen LogP contribution in [-0.2, 0) is 6.54 Å². The van der Waals surface area contributed by atoms with E-state index in [9.17, 15) is 4.39 Å². The van der Waals surface area contributed by atoms with Crippen LogP contribution in [0.3, 0.4) is 0 Å². The van der Waals surface area contributed by atoms with Gasteiger partial charge in [0.05, 0.1) is 12.2 Å². The Morgan fingerprint density at radius 2 is 1.16 bits per heavy atom. The third kappa shape index (κ3) is 7.38. The Morgan fingerprint density at radius 3 is 1.66 bits per heavy atom. The minimum atomic E-state index is -0.212. The van der Waals surface area contributed by atoms with Crippen molar-refractivity contribution in [3.63, 3.8) is 0 Å². The second-order valence-corrected chi connectivity index (χ2v) is 8.62. The van der Waals surface area contributed by atoms with Crippen LogP contribution in [0.2, 0.25) is 0 Å². The number of hydrogen-bond donors (Lipinski definition) is 1. The predicted molar refractivity (Wildman–Crippen MR) is 129 cm³/mol. The molecule has 3 nitrogen and oxygen atoms in total. The Kier molecular flexibility index (Phi) is 8.69. The van der Waals surface area contributed by atoms with E-state index in [0.29, 0.717) is 0 Å². The molecule has 0 fully saturated rings. The van der Waals surface area contributed by atoms with Crippen molar-refractivity contribution in [1.29, 1.82) is 0 Å². The fourth-order valence-electron chi connectivity index (χ4n) is 3.71. The van der Waals surface area contributed by atoms with Gasteiger partial charge in [-0.1, -0.05) is 36.4 Å². The second kappa shape index (κ2) is 11.7. The third-order valence-corrected chi connectivity index (χ3v) is 5.16. The average molecular weight is 436 g/mol. The van der Waals surface area contributed by atoms with Gasteiger partial charge in [-0.3, -0.25) is 0 Å². The van der Waals surface area contributed by atoms with E-state index >= 15 is 0 Å². The van der Waals surface area contributed by atoms with Gasteiger partial charge >= 0.3 is 0 Å². The summed E-state index contributed by atoms with van der Waals surface area (Å²) in [5.41, 5.74) is 3.53. The lowest BCUT2D eigenvalue weighted by Gasteiger charge is -2.19. The Labute approximate surface area is 191 Å².